The molecule has 172 valence electrons. The molecule has 0 atom stereocenters. The highest BCUT2D eigenvalue weighted by Gasteiger charge is 2.37. The number of hydrogen-bond donors (Lipinski definition) is 0. The average Bonchev–Trinajstić information content (AvgIpc) is 3.46. The molecule has 2 aromatic carbocycles. The molecule has 4 aromatic rings. The molecule has 0 bridgehead atoms. The summed E-state index contributed by atoms with van der Waals surface area (Å²) in [5, 5.41) is 2.07. The molecule has 2 aliphatic heterocycles. The number of rotatable bonds is 4. The predicted octanol–water partition coefficient (Wildman–Crippen LogP) is 4.91. The van der Waals surface area contributed by atoms with Crippen LogP contribution in [0.1, 0.15) is 20.0 Å². The van der Waals surface area contributed by atoms with E-state index in [2.05, 4.69) is 28.5 Å². The van der Waals surface area contributed by atoms with Crippen molar-refractivity contribution in [2.75, 3.05) is 39.3 Å². The maximum atomic E-state index is 12.9. The SMILES string of the molecule is O=C(c1ccc(-c2ccccc2)cc1)N1CC(N2CCN(C(=O)c3cc4sccc4s3)CC2)C1. The number of hydrogen-bond acceptors (Lipinski definition) is 5. The van der Waals surface area contributed by atoms with Gasteiger partial charge in [-0.3, -0.25) is 14.5 Å². The highest BCUT2D eigenvalue weighted by molar-refractivity contribution is 7.27. The lowest BCUT2D eigenvalue weighted by Crippen LogP contribution is -2.64. The van der Waals surface area contributed by atoms with Crippen molar-refractivity contribution in [2.45, 2.75) is 6.04 Å². The first-order chi connectivity index (χ1) is 16.7. The number of carbonyl (C=O) groups excluding carboxylic acids is 2. The molecule has 2 amide bonds. The van der Waals surface area contributed by atoms with Crippen LogP contribution < -0.4 is 0 Å². The summed E-state index contributed by atoms with van der Waals surface area (Å²) < 4.78 is 2.39. The van der Waals surface area contributed by atoms with Gasteiger partial charge in [0.05, 0.1) is 4.88 Å². The molecular formula is C27H25N3O2S2. The van der Waals surface area contributed by atoms with E-state index in [1.165, 1.54) is 9.40 Å². The van der Waals surface area contributed by atoms with Crippen LogP contribution in [0.15, 0.2) is 72.1 Å². The number of carbonyl (C=O) groups is 2. The van der Waals surface area contributed by atoms with Gasteiger partial charge in [-0.15, -0.1) is 22.7 Å². The number of piperazine rings is 1. The second-order valence-electron chi connectivity index (χ2n) is 8.90. The third-order valence-corrected chi connectivity index (χ3v) is 8.94. The standard InChI is InChI=1S/C27H25N3O2S2/c31-26(21-8-6-20(7-9-21)19-4-2-1-3-5-19)30-17-22(18-30)28-11-13-29(14-12-28)27(32)25-16-24-23(34-25)10-15-33-24/h1-10,15-16,22H,11-14,17-18H2. The maximum absolute atomic E-state index is 12.9. The van der Waals surface area contributed by atoms with Crippen molar-refractivity contribution >= 4 is 43.9 Å². The van der Waals surface area contributed by atoms with E-state index < -0.39 is 0 Å². The van der Waals surface area contributed by atoms with E-state index in [4.69, 9.17) is 0 Å². The van der Waals surface area contributed by atoms with Gasteiger partial charge >= 0.3 is 0 Å². The first-order valence-electron chi connectivity index (χ1n) is 11.6. The van der Waals surface area contributed by atoms with Crippen molar-refractivity contribution in [1.82, 2.24) is 14.7 Å². The molecule has 0 unspecified atom stereocenters. The van der Waals surface area contributed by atoms with Gasteiger partial charge < -0.3 is 9.80 Å². The Hall–Kier alpha value is -3.00. The van der Waals surface area contributed by atoms with Gasteiger partial charge in [0.2, 0.25) is 0 Å². The van der Waals surface area contributed by atoms with Crippen LogP contribution >= 0.6 is 22.7 Å². The molecule has 2 aliphatic rings. The summed E-state index contributed by atoms with van der Waals surface area (Å²) in [4.78, 5) is 33.0. The molecule has 34 heavy (non-hydrogen) atoms. The molecule has 5 nitrogen and oxygen atoms in total. The minimum absolute atomic E-state index is 0.0994. The van der Waals surface area contributed by atoms with E-state index in [9.17, 15) is 9.59 Å². The van der Waals surface area contributed by atoms with Gasteiger partial charge in [-0.05, 0) is 40.8 Å². The number of benzene rings is 2. The van der Waals surface area contributed by atoms with Crippen LogP contribution in [-0.4, -0.2) is 71.8 Å². The van der Waals surface area contributed by atoms with Crippen LogP contribution in [0.25, 0.3) is 20.5 Å². The van der Waals surface area contributed by atoms with Crippen molar-refractivity contribution in [3.8, 4) is 11.1 Å². The smallest absolute Gasteiger partial charge is 0.264 e. The zero-order chi connectivity index (χ0) is 23.1. The number of thiophene rings is 2. The first-order valence-corrected chi connectivity index (χ1v) is 13.3. The lowest BCUT2D eigenvalue weighted by atomic mass is 10.0. The number of amides is 2. The van der Waals surface area contributed by atoms with Crippen molar-refractivity contribution in [2.24, 2.45) is 0 Å². The third kappa shape index (κ3) is 4.04. The number of likely N-dealkylation sites (tertiary alicyclic amines) is 1. The average molecular weight is 488 g/mol. The zero-order valence-electron chi connectivity index (χ0n) is 18.7. The molecule has 6 rings (SSSR count). The van der Waals surface area contributed by atoms with Gasteiger partial charge in [0.25, 0.3) is 11.8 Å². The van der Waals surface area contributed by atoms with Crippen molar-refractivity contribution < 1.29 is 9.59 Å². The summed E-state index contributed by atoms with van der Waals surface area (Å²) in [6, 6.07) is 22.6. The Morgan fingerprint density at radius 1 is 0.735 bits per heavy atom. The van der Waals surface area contributed by atoms with Crippen molar-refractivity contribution in [3.63, 3.8) is 0 Å². The molecule has 0 N–H and O–H groups in total. The minimum Gasteiger partial charge on any atom is -0.335 e. The maximum Gasteiger partial charge on any atom is 0.264 e. The molecule has 0 radical (unpaired) electrons. The summed E-state index contributed by atoms with van der Waals surface area (Å²) >= 11 is 3.28. The summed E-state index contributed by atoms with van der Waals surface area (Å²) in [5.74, 6) is 0.250. The van der Waals surface area contributed by atoms with E-state index in [-0.39, 0.29) is 11.8 Å². The third-order valence-electron chi connectivity index (χ3n) is 6.86. The van der Waals surface area contributed by atoms with E-state index in [0.29, 0.717) is 6.04 Å². The van der Waals surface area contributed by atoms with E-state index in [1.807, 2.05) is 58.3 Å². The minimum atomic E-state index is 0.0994. The highest BCUT2D eigenvalue weighted by Crippen LogP contribution is 2.31. The second-order valence-corrected chi connectivity index (χ2v) is 10.9. The molecule has 4 heterocycles. The van der Waals surface area contributed by atoms with Gasteiger partial charge in [-0.2, -0.15) is 0 Å². The van der Waals surface area contributed by atoms with E-state index in [1.54, 1.807) is 22.7 Å². The van der Waals surface area contributed by atoms with Crippen molar-refractivity contribution in [1.29, 1.82) is 0 Å². The van der Waals surface area contributed by atoms with E-state index in [0.717, 1.165) is 60.8 Å². The molecule has 2 fully saturated rings. The second kappa shape index (κ2) is 8.98. The highest BCUT2D eigenvalue weighted by atomic mass is 32.1. The fraction of sp³-hybridized carbons (Fsp3) is 0.259. The van der Waals surface area contributed by atoms with Crippen LogP contribution in [0, 0.1) is 0 Å². The Morgan fingerprint density at radius 2 is 1.44 bits per heavy atom. The topological polar surface area (TPSA) is 43.9 Å². The Kier molecular flexibility index (Phi) is 5.69. The molecule has 0 saturated carbocycles. The quantitative estimate of drug-likeness (QED) is 0.411. The normalized spacial score (nSPS) is 17.2. The lowest BCUT2D eigenvalue weighted by Gasteiger charge is -2.48. The van der Waals surface area contributed by atoms with Crippen LogP contribution in [0.5, 0.6) is 0 Å². The summed E-state index contributed by atoms with van der Waals surface area (Å²) in [6.45, 7) is 4.74. The molecule has 2 aromatic heterocycles. The van der Waals surface area contributed by atoms with E-state index >= 15 is 0 Å². The zero-order valence-corrected chi connectivity index (χ0v) is 20.4. The fourth-order valence-corrected chi connectivity index (χ4v) is 6.86. The lowest BCUT2D eigenvalue weighted by molar-refractivity contribution is 0.00863. The summed E-state index contributed by atoms with van der Waals surface area (Å²) in [6.07, 6.45) is 0. The fourth-order valence-electron chi connectivity index (χ4n) is 4.79. The Morgan fingerprint density at radius 3 is 2.15 bits per heavy atom. The molecule has 2 saturated heterocycles. The largest absolute Gasteiger partial charge is 0.335 e. The number of fused-ring (bicyclic) bond motifs is 1. The van der Waals surface area contributed by atoms with Gasteiger partial charge in [-0.1, -0.05) is 42.5 Å². The summed E-state index contributed by atoms with van der Waals surface area (Å²) in [7, 11) is 0. The Labute approximate surface area is 206 Å². The van der Waals surface area contributed by atoms with Crippen LogP contribution in [0.4, 0.5) is 0 Å². The van der Waals surface area contributed by atoms with Gasteiger partial charge in [0.1, 0.15) is 0 Å². The Balaban J connectivity index is 1.00. The number of nitrogens with zero attached hydrogens (tertiary/aromatic N) is 3. The summed E-state index contributed by atoms with van der Waals surface area (Å²) in [5.41, 5.74) is 3.01. The monoisotopic (exact) mass is 487 g/mol. The van der Waals surface area contributed by atoms with Crippen LogP contribution in [-0.2, 0) is 0 Å². The van der Waals surface area contributed by atoms with Crippen molar-refractivity contribution in [3.05, 3.63) is 82.6 Å². The molecular weight excluding hydrogens is 462 g/mol. The van der Waals surface area contributed by atoms with Gasteiger partial charge in [0.15, 0.2) is 0 Å². The van der Waals surface area contributed by atoms with Crippen LogP contribution in [0.2, 0.25) is 0 Å². The Bertz CT molecular complexity index is 1290. The molecule has 7 heteroatoms. The predicted molar refractivity (Wildman–Crippen MR) is 139 cm³/mol. The van der Waals surface area contributed by atoms with Crippen LogP contribution in [0.3, 0.4) is 0 Å². The first kappa shape index (κ1) is 21.5. The van der Waals surface area contributed by atoms with Gasteiger partial charge in [-0.25, -0.2) is 0 Å². The molecule has 0 spiro atoms. The van der Waals surface area contributed by atoms with Gasteiger partial charge in [0, 0.05) is 60.3 Å². The molecule has 0 aliphatic carbocycles.